The molecule has 0 spiro atoms. The average molecular weight is 257 g/mol. The van der Waals surface area contributed by atoms with Crippen LogP contribution in [0.3, 0.4) is 0 Å². The van der Waals surface area contributed by atoms with Crippen LogP contribution in [0.15, 0.2) is 12.1 Å². The Labute approximate surface area is 104 Å². The van der Waals surface area contributed by atoms with E-state index in [2.05, 4.69) is 4.90 Å². The smallest absolute Gasteiger partial charge is 0.143 e. The highest BCUT2D eigenvalue weighted by Crippen LogP contribution is 2.34. The van der Waals surface area contributed by atoms with E-state index < -0.39 is 5.82 Å². The SMILES string of the molecule is Nc1cc(F)c(Cl)cc1N1CC2CCC(C1)O2. The Bertz CT molecular complexity index is 442. The van der Waals surface area contributed by atoms with Crippen molar-refractivity contribution in [3.8, 4) is 0 Å². The zero-order valence-electron chi connectivity index (χ0n) is 9.33. The number of benzene rings is 1. The Kier molecular flexibility index (Phi) is 2.64. The van der Waals surface area contributed by atoms with Crippen molar-refractivity contribution in [2.45, 2.75) is 25.0 Å². The van der Waals surface area contributed by atoms with E-state index in [9.17, 15) is 4.39 Å². The Balaban J connectivity index is 1.91. The molecule has 3 rings (SSSR count). The highest BCUT2D eigenvalue weighted by molar-refractivity contribution is 6.31. The van der Waals surface area contributed by atoms with E-state index in [4.69, 9.17) is 22.1 Å². The highest BCUT2D eigenvalue weighted by Gasteiger charge is 2.34. The normalized spacial score (nSPS) is 27.5. The van der Waals surface area contributed by atoms with E-state index in [1.807, 2.05) is 0 Å². The van der Waals surface area contributed by atoms with Crippen molar-refractivity contribution in [2.24, 2.45) is 0 Å². The molecule has 1 aromatic carbocycles. The van der Waals surface area contributed by atoms with Crippen LogP contribution >= 0.6 is 11.6 Å². The predicted octanol–water partition coefficient (Wildman–Crippen LogP) is 2.43. The van der Waals surface area contributed by atoms with E-state index in [0.29, 0.717) is 5.69 Å². The van der Waals surface area contributed by atoms with Gasteiger partial charge >= 0.3 is 0 Å². The molecule has 92 valence electrons. The van der Waals surface area contributed by atoms with Crippen molar-refractivity contribution < 1.29 is 9.13 Å². The second-order valence-corrected chi connectivity index (χ2v) is 5.09. The average Bonchev–Trinajstić information content (AvgIpc) is 2.63. The third-order valence-corrected chi connectivity index (χ3v) is 3.74. The first-order chi connectivity index (χ1) is 8.13. The van der Waals surface area contributed by atoms with Gasteiger partial charge in [-0.05, 0) is 18.9 Å². The fourth-order valence-corrected chi connectivity index (χ4v) is 2.80. The third-order valence-electron chi connectivity index (χ3n) is 3.45. The third kappa shape index (κ3) is 1.96. The fraction of sp³-hybridized carbons (Fsp3) is 0.500. The van der Waals surface area contributed by atoms with Crippen molar-refractivity contribution in [3.63, 3.8) is 0 Å². The van der Waals surface area contributed by atoms with Crippen molar-refractivity contribution in [1.82, 2.24) is 0 Å². The number of nitrogens with two attached hydrogens (primary N) is 1. The van der Waals surface area contributed by atoms with Gasteiger partial charge in [-0.15, -0.1) is 0 Å². The van der Waals surface area contributed by atoms with Gasteiger partial charge in [0.15, 0.2) is 0 Å². The molecule has 2 saturated heterocycles. The topological polar surface area (TPSA) is 38.5 Å². The number of ether oxygens (including phenoxy) is 1. The minimum Gasteiger partial charge on any atom is -0.397 e. The van der Waals surface area contributed by atoms with E-state index in [1.54, 1.807) is 6.07 Å². The number of rotatable bonds is 1. The zero-order chi connectivity index (χ0) is 12.0. The van der Waals surface area contributed by atoms with Gasteiger partial charge in [-0.3, -0.25) is 0 Å². The summed E-state index contributed by atoms with van der Waals surface area (Å²) in [5.74, 6) is -0.468. The first-order valence-electron chi connectivity index (χ1n) is 5.78. The number of halogens is 2. The minimum absolute atomic E-state index is 0.119. The molecular weight excluding hydrogens is 243 g/mol. The van der Waals surface area contributed by atoms with Crippen molar-refractivity contribution >= 4 is 23.0 Å². The summed E-state index contributed by atoms with van der Waals surface area (Å²) in [4.78, 5) is 2.15. The molecule has 0 saturated carbocycles. The molecule has 3 nitrogen and oxygen atoms in total. The van der Waals surface area contributed by atoms with Crippen LogP contribution in [0, 0.1) is 5.82 Å². The summed E-state index contributed by atoms with van der Waals surface area (Å²) in [5.41, 5.74) is 7.11. The molecule has 17 heavy (non-hydrogen) atoms. The van der Waals surface area contributed by atoms with Gasteiger partial charge in [0.05, 0.1) is 28.6 Å². The lowest BCUT2D eigenvalue weighted by molar-refractivity contribution is 0.0305. The quantitative estimate of drug-likeness (QED) is 0.785. The van der Waals surface area contributed by atoms with Gasteiger partial charge in [0, 0.05) is 19.2 Å². The van der Waals surface area contributed by atoms with E-state index >= 15 is 0 Å². The van der Waals surface area contributed by atoms with Gasteiger partial charge in [0.2, 0.25) is 0 Å². The van der Waals surface area contributed by atoms with Crippen molar-refractivity contribution in [2.75, 3.05) is 23.7 Å². The van der Waals surface area contributed by atoms with Crippen LogP contribution in [-0.4, -0.2) is 25.3 Å². The second-order valence-electron chi connectivity index (χ2n) is 4.69. The van der Waals surface area contributed by atoms with Gasteiger partial charge in [-0.2, -0.15) is 0 Å². The Hall–Kier alpha value is -1.00. The summed E-state index contributed by atoms with van der Waals surface area (Å²) < 4.78 is 19.0. The fourth-order valence-electron chi connectivity index (χ4n) is 2.64. The van der Waals surface area contributed by atoms with Crippen LogP contribution in [0.1, 0.15) is 12.8 Å². The molecule has 5 heteroatoms. The molecule has 2 unspecified atom stereocenters. The summed E-state index contributed by atoms with van der Waals surface area (Å²) in [6.45, 7) is 1.62. The largest absolute Gasteiger partial charge is 0.397 e. The second kappa shape index (κ2) is 4.03. The maximum atomic E-state index is 13.2. The van der Waals surface area contributed by atoms with Crippen LogP contribution in [0.25, 0.3) is 0 Å². The predicted molar refractivity (Wildman–Crippen MR) is 65.9 cm³/mol. The van der Waals surface area contributed by atoms with Crippen LogP contribution in [0.5, 0.6) is 0 Å². The molecule has 1 aromatic rings. The van der Waals surface area contributed by atoms with Gasteiger partial charge in [-0.1, -0.05) is 11.6 Å². The Morgan fingerprint density at radius 3 is 2.59 bits per heavy atom. The molecule has 0 aromatic heterocycles. The summed E-state index contributed by atoms with van der Waals surface area (Å²) in [7, 11) is 0. The Morgan fingerprint density at radius 1 is 1.29 bits per heavy atom. The molecule has 2 aliphatic heterocycles. The first kappa shape index (κ1) is 11.1. The van der Waals surface area contributed by atoms with Crippen LogP contribution in [-0.2, 0) is 4.74 Å². The van der Waals surface area contributed by atoms with Gasteiger partial charge < -0.3 is 15.4 Å². The molecule has 2 bridgehead atoms. The molecule has 0 aliphatic carbocycles. The van der Waals surface area contributed by atoms with Gasteiger partial charge in [-0.25, -0.2) is 4.39 Å². The summed E-state index contributed by atoms with van der Waals surface area (Å²) in [5, 5.41) is 0.119. The molecule has 0 amide bonds. The lowest BCUT2D eigenvalue weighted by atomic mass is 10.2. The maximum Gasteiger partial charge on any atom is 0.143 e. The first-order valence-corrected chi connectivity index (χ1v) is 6.16. The summed E-state index contributed by atoms with van der Waals surface area (Å²) in [6, 6.07) is 2.89. The molecule has 2 atom stereocenters. The van der Waals surface area contributed by atoms with E-state index in [1.165, 1.54) is 6.07 Å². The zero-order valence-corrected chi connectivity index (χ0v) is 10.1. The lowest BCUT2D eigenvalue weighted by Crippen LogP contribution is -2.42. The summed E-state index contributed by atoms with van der Waals surface area (Å²) >= 11 is 5.80. The summed E-state index contributed by atoms with van der Waals surface area (Å²) in [6.07, 6.45) is 2.74. The molecule has 2 aliphatic rings. The number of anilines is 2. The number of nitrogens with zero attached hydrogens (tertiary/aromatic N) is 1. The molecular formula is C12H14ClFN2O. The monoisotopic (exact) mass is 256 g/mol. The number of morpholine rings is 1. The van der Waals surface area contributed by atoms with Crippen LogP contribution in [0.4, 0.5) is 15.8 Å². The van der Waals surface area contributed by atoms with Gasteiger partial charge in [0.1, 0.15) is 5.82 Å². The van der Waals surface area contributed by atoms with E-state index in [0.717, 1.165) is 31.6 Å². The Morgan fingerprint density at radius 2 is 1.94 bits per heavy atom. The number of hydrogen-bond acceptors (Lipinski definition) is 3. The number of fused-ring (bicyclic) bond motifs is 2. The van der Waals surface area contributed by atoms with E-state index in [-0.39, 0.29) is 17.2 Å². The minimum atomic E-state index is -0.468. The van der Waals surface area contributed by atoms with Crippen LogP contribution in [0.2, 0.25) is 5.02 Å². The number of hydrogen-bond donors (Lipinski definition) is 1. The van der Waals surface area contributed by atoms with Gasteiger partial charge in [0.25, 0.3) is 0 Å². The maximum absolute atomic E-state index is 13.2. The molecule has 2 heterocycles. The number of nitrogen functional groups attached to an aromatic ring is 1. The van der Waals surface area contributed by atoms with Crippen molar-refractivity contribution in [3.05, 3.63) is 23.0 Å². The highest BCUT2D eigenvalue weighted by atomic mass is 35.5. The standard InChI is InChI=1S/C12H14ClFN2O/c13-9-3-12(11(15)4-10(9)14)16-5-7-1-2-8(6-16)17-7/h3-4,7-8H,1-2,5-6,15H2. The molecule has 2 fully saturated rings. The molecule has 2 N–H and O–H groups in total. The molecule has 0 radical (unpaired) electrons. The lowest BCUT2D eigenvalue weighted by Gasteiger charge is -2.34. The van der Waals surface area contributed by atoms with Crippen LogP contribution < -0.4 is 10.6 Å². The van der Waals surface area contributed by atoms with Crippen molar-refractivity contribution in [1.29, 1.82) is 0 Å².